The average molecular weight is 382 g/mol. The van der Waals surface area contributed by atoms with E-state index >= 15 is 0 Å². The number of para-hydroxylation sites is 1. The summed E-state index contributed by atoms with van der Waals surface area (Å²) in [7, 11) is 0. The van der Waals surface area contributed by atoms with E-state index in [0.29, 0.717) is 0 Å². The maximum Gasteiger partial charge on any atom is 0.148 e. The Kier molecular flexibility index (Phi) is 3.04. The molecule has 0 spiro atoms. The minimum Gasteiger partial charge on any atom is -0.279 e. The van der Waals surface area contributed by atoms with Crippen molar-refractivity contribution in [1.82, 2.24) is 14.4 Å². The number of nitrogens with zero attached hydrogens (tertiary/aromatic N) is 3. The first-order chi connectivity index (χ1) is 14.1. The highest BCUT2D eigenvalue weighted by molar-refractivity contribution is 5.96. The summed E-state index contributed by atoms with van der Waals surface area (Å²) >= 11 is 0. The minimum atomic E-state index is 0.240. The topological polar surface area (TPSA) is 30.2 Å². The first-order valence-corrected chi connectivity index (χ1v) is 11.3. The van der Waals surface area contributed by atoms with E-state index in [1.165, 1.54) is 66.4 Å². The molecule has 3 nitrogen and oxygen atoms in total. The minimum absolute atomic E-state index is 0.240. The first-order valence-electron chi connectivity index (χ1n) is 11.3. The van der Waals surface area contributed by atoms with E-state index in [9.17, 15) is 0 Å². The predicted octanol–water partition coefficient (Wildman–Crippen LogP) is 6.12. The van der Waals surface area contributed by atoms with Gasteiger partial charge in [-0.05, 0) is 106 Å². The zero-order valence-electron chi connectivity index (χ0n) is 17.3. The van der Waals surface area contributed by atoms with Crippen molar-refractivity contribution >= 4 is 27.6 Å². The van der Waals surface area contributed by atoms with Crippen LogP contribution in [-0.2, 0) is 5.41 Å². The maximum atomic E-state index is 5.39. The van der Waals surface area contributed by atoms with Crippen LogP contribution in [0.1, 0.15) is 55.5 Å². The second-order valence-corrected chi connectivity index (χ2v) is 10.3. The SMILES string of the molecule is Cc1cc2nc3c4ccccc4nc(C45CC6CC(CC(C6)C4)C5)n3c2cc1C. The molecule has 146 valence electrons. The van der Waals surface area contributed by atoms with E-state index in [0.717, 1.165) is 34.4 Å². The van der Waals surface area contributed by atoms with E-state index in [1.54, 1.807) is 0 Å². The van der Waals surface area contributed by atoms with Crippen molar-refractivity contribution in [2.75, 3.05) is 0 Å². The maximum absolute atomic E-state index is 5.39. The van der Waals surface area contributed by atoms with Crippen LogP contribution in [0.3, 0.4) is 0 Å². The Hall–Kier alpha value is -2.42. The summed E-state index contributed by atoms with van der Waals surface area (Å²) in [6, 6.07) is 13.2. The van der Waals surface area contributed by atoms with Gasteiger partial charge in [-0.15, -0.1) is 0 Å². The van der Waals surface area contributed by atoms with Crippen LogP contribution >= 0.6 is 0 Å². The summed E-state index contributed by atoms with van der Waals surface area (Å²) in [5.74, 6) is 4.02. The van der Waals surface area contributed by atoms with Gasteiger partial charge >= 0.3 is 0 Å². The van der Waals surface area contributed by atoms with Crippen molar-refractivity contribution in [3.8, 4) is 0 Å². The molecule has 4 bridgehead atoms. The van der Waals surface area contributed by atoms with Gasteiger partial charge in [-0.25, -0.2) is 9.97 Å². The van der Waals surface area contributed by atoms with Gasteiger partial charge in [0.1, 0.15) is 11.5 Å². The lowest BCUT2D eigenvalue weighted by atomic mass is 9.49. The number of fused-ring (bicyclic) bond motifs is 5. The molecule has 8 rings (SSSR count). The van der Waals surface area contributed by atoms with Crippen molar-refractivity contribution in [2.45, 2.75) is 57.8 Å². The predicted molar refractivity (Wildman–Crippen MR) is 117 cm³/mol. The third-order valence-electron chi connectivity index (χ3n) is 8.37. The van der Waals surface area contributed by atoms with Crippen LogP contribution in [0, 0.1) is 31.6 Å². The molecule has 0 radical (unpaired) electrons. The van der Waals surface area contributed by atoms with Crippen LogP contribution in [0.2, 0.25) is 0 Å². The van der Waals surface area contributed by atoms with E-state index in [4.69, 9.17) is 9.97 Å². The summed E-state index contributed by atoms with van der Waals surface area (Å²) in [6.45, 7) is 4.40. The van der Waals surface area contributed by atoms with Gasteiger partial charge in [-0.1, -0.05) is 12.1 Å². The lowest BCUT2D eigenvalue weighted by molar-refractivity contribution is -0.00964. The van der Waals surface area contributed by atoms with Gasteiger partial charge in [0, 0.05) is 10.8 Å². The van der Waals surface area contributed by atoms with Crippen LogP contribution in [0.4, 0.5) is 0 Å². The molecule has 29 heavy (non-hydrogen) atoms. The Labute approximate surface area is 171 Å². The number of hydrogen-bond acceptors (Lipinski definition) is 2. The Morgan fingerprint density at radius 3 is 2.21 bits per heavy atom. The van der Waals surface area contributed by atoms with E-state index < -0.39 is 0 Å². The molecular formula is C26H27N3. The third kappa shape index (κ3) is 2.14. The van der Waals surface area contributed by atoms with E-state index in [-0.39, 0.29) is 5.41 Å². The summed E-state index contributed by atoms with van der Waals surface area (Å²) in [5, 5.41) is 1.17. The van der Waals surface area contributed by atoms with Crippen molar-refractivity contribution in [1.29, 1.82) is 0 Å². The molecule has 0 amide bonds. The van der Waals surface area contributed by atoms with Crippen LogP contribution in [0.5, 0.6) is 0 Å². The van der Waals surface area contributed by atoms with Crippen LogP contribution in [0.25, 0.3) is 27.6 Å². The largest absolute Gasteiger partial charge is 0.279 e. The highest BCUT2D eigenvalue weighted by atomic mass is 15.1. The van der Waals surface area contributed by atoms with Crippen LogP contribution in [-0.4, -0.2) is 14.4 Å². The molecule has 0 saturated heterocycles. The summed E-state index contributed by atoms with van der Waals surface area (Å²) in [6.07, 6.45) is 8.34. The number of aryl methyl sites for hydroxylation is 2. The second-order valence-electron chi connectivity index (χ2n) is 10.3. The molecule has 2 heterocycles. The number of rotatable bonds is 1. The standard InChI is InChI=1S/C26H27N3/c1-15-7-22-23(8-16(15)2)29-24(27-22)20-5-3-4-6-21(20)28-25(29)26-12-17-9-18(13-26)11-19(10-17)14-26/h3-8,17-19H,9-14H2,1-2H3. The first kappa shape index (κ1) is 16.4. The summed E-state index contributed by atoms with van der Waals surface area (Å²) in [4.78, 5) is 10.5. The summed E-state index contributed by atoms with van der Waals surface area (Å²) < 4.78 is 2.46. The zero-order chi connectivity index (χ0) is 19.3. The fraction of sp³-hybridized carbons (Fsp3) is 0.462. The van der Waals surface area contributed by atoms with Crippen molar-refractivity contribution in [2.24, 2.45) is 17.8 Å². The van der Waals surface area contributed by atoms with E-state index in [1.807, 2.05) is 0 Å². The van der Waals surface area contributed by atoms with Gasteiger partial charge in [0.2, 0.25) is 0 Å². The van der Waals surface area contributed by atoms with Gasteiger partial charge in [-0.3, -0.25) is 4.40 Å². The third-order valence-corrected chi connectivity index (χ3v) is 8.37. The summed E-state index contributed by atoms with van der Waals surface area (Å²) in [5.41, 5.74) is 7.45. The Balaban J connectivity index is 1.62. The monoisotopic (exact) mass is 381 g/mol. The molecule has 0 N–H and O–H groups in total. The average Bonchev–Trinajstić information content (AvgIpc) is 3.05. The molecule has 0 atom stereocenters. The van der Waals surface area contributed by atoms with Crippen molar-refractivity contribution in [3.63, 3.8) is 0 Å². The van der Waals surface area contributed by atoms with Gasteiger partial charge in [0.15, 0.2) is 0 Å². The molecule has 4 aliphatic carbocycles. The van der Waals surface area contributed by atoms with Crippen molar-refractivity contribution in [3.05, 3.63) is 53.3 Å². The normalized spacial score (nSPS) is 30.8. The molecule has 4 saturated carbocycles. The van der Waals surface area contributed by atoms with Gasteiger partial charge < -0.3 is 0 Å². The molecule has 4 fully saturated rings. The molecule has 4 aromatic rings. The van der Waals surface area contributed by atoms with E-state index in [2.05, 4.69) is 54.6 Å². The van der Waals surface area contributed by atoms with Gasteiger partial charge in [0.25, 0.3) is 0 Å². The fourth-order valence-electron chi connectivity index (χ4n) is 7.39. The lowest BCUT2D eigenvalue weighted by Gasteiger charge is -2.56. The smallest absolute Gasteiger partial charge is 0.148 e. The Morgan fingerprint density at radius 1 is 0.828 bits per heavy atom. The molecule has 0 aliphatic heterocycles. The Morgan fingerprint density at radius 2 is 1.48 bits per heavy atom. The van der Waals surface area contributed by atoms with Gasteiger partial charge in [0.05, 0.1) is 16.6 Å². The Bertz CT molecular complexity index is 1280. The fourth-order valence-corrected chi connectivity index (χ4v) is 7.39. The number of imidazole rings is 1. The molecular weight excluding hydrogens is 354 g/mol. The quantitative estimate of drug-likeness (QED) is 0.397. The zero-order valence-corrected chi connectivity index (χ0v) is 17.3. The number of aromatic nitrogens is 3. The second kappa shape index (κ2) is 5.38. The van der Waals surface area contributed by atoms with Crippen LogP contribution < -0.4 is 0 Å². The molecule has 2 aromatic carbocycles. The highest BCUT2D eigenvalue weighted by Crippen LogP contribution is 2.60. The molecule has 3 heteroatoms. The van der Waals surface area contributed by atoms with Crippen LogP contribution in [0.15, 0.2) is 36.4 Å². The van der Waals surface area contributed by atoms with Gasteiger partial charge in [-0.2, -0.15) is 0 Å². The molecule has 2 aromatic heterocycles. The number of benzene rings is 2. The molecule has 4 aliphatic rings. The number of hydrogen-bond donors (Lipinski definition) is 0. The molecule has 0 unspecified atom stereocenters. The lowest BCUT2D eigenvalue weighted by Crippen LogP contribution is -2.49. The van der Waals surface area contributed by atoms with Crippen molar-refractivity contribution < 1.29 is 0 Å². The highest BCUT2D eigenvalue weighted by Gasteiger charge is 2.53.